The molecule has 0 radical (unpaired) electrons. The molecule has 28 heavy (non-hydrogen) atoms. The van der Waals surface area contributed by atoms with Crippen molar-refractivity contribution in [3.05, 3.63) is 29.8 Å². The van der Waals surface area contributed by atoms with Crippen LogP contribution in [-0.4, -0.2) is 54.5 Å². The Morgan fingerprint density at radius 1 is 1.21 bits per heavy atom. The number of likely N-dealkylation sites (tertiary alicyclic amines) is 1. The van der Waals surface area contributed by atoms with Gasteiger partial charge in [0.05, 0.1) is 13.0 Å². The second-order valence-corrected chi connectivity index (χ2v) is 7.55. The molecule has 0 aliphatic carbocycles. The largest absolute Gasteiger partial charge is 0.496 e. The predicted molar refractivity (Wildman–Crippen MR) is 105 cm³/mol. The fourth-order valence-electron chi connectivity index (χ4n) is 3.48. The number of hydrogen-bond acceptors (Lipinski definition) is 4. The summed E-state index contributed by atoms with van der Waals surface area (Å²) in [5.74, 6) is -1.30. The SMILES string of the molecule is COc1ccccc1CC(CNC(=O)C1CCN(C(=O)C(C)C)CC1)C(=O)O. The van der Waals surface area contributed by atoms with Crippen LogP contribution in [0.25, 0.3) is 0 Å². The van der Waals surface area contributed by atoms with Gasteiger partial charge in [-0.3, -0.25) is 14.4 Å². The van der Waals surface area contributed by atoms with Gasteiger partial charge < -0.3 is 20.1 Å². The Balaban J connectivity index is 1.87. The maximum absolute atomic E-state index is 12.5. The molecular weight excluding hydrogens is 360 g/mol. The fourth-order valence-corrected chi connectivity index (χ4v) is 3.48. The van der Waals surface area contributed by atoms with Gasteiger partial charge in [0.25, 0.3) is 0 Å². The Hall–Kier alpha value is -2.57. The molecule has 1 aromatic rings. The van der Waals surface area contributed by atoms with Crippen LogP contribution in [0.4, 0.5) is 0 Å². The maximum Gasteiger partial charge on any atom is 0.308 e. The standard InChI is InChI=1S/C21H30N2O5/c1-14(2)20(25)23-10-8-15(9-11-23)19(24)22-13-17(21(26)27)12-16-6-4-5-7-18(16)28-3/h4-7,14-15,17H,8-13H2,1-3H3,(H,22,24)(H,26,27). The Morgan fingerprint density at radius 3 is 2.43 bits per heavy atom. The Morgan fingerprint density at radius 2 is 1.86 bits per heavy atom. The molecule has 1 unspecified atom stereocenters. The first kappa shape index (κ1) is 21.7. The van der Waals surface area contributed by atoms with Crippen LogP contribution in [0.5, 0.6) is 5.75 Å². The van der Waals surface area contributed by atoms with E-state index in [1.165, 1.54) is 0 Å². The number of carboxylic acids is 1. The molecule has 2 rings (SSSR count). The molecule has 154 valence electrons. The summed E-state index contributed by atoms with van der Waals surface area (Å²) in [5.41, 5.74) is 0.798. The van der Waals surface area contributed by atoms with Crippen molar-refractivity contribution in [3.63, 3.8) is 0 Å². The zero-order chi connectivity index (χ0) is 20.7. The van der Waals surface area contributed by atoms with Gasteiger partial charge >= 0.3 is 5.97 Å². The molecule has 1 fully saturated rings. The number of rotatable bonds is 8. The summed E-state index contributed by atoms with van der Waals surface area (Å²) in [6.07, 6.45) is 1.49. The highest BCUT2D eigenvalue weighted by Gasteiger charge is 2.29. The number of nitrogens with zero attached hydrogens (tertiary/aromatic N) is 1. The van der Waals surface area contributed by atoms with E-state index in [9.17, 15) is 19.5 Å². The number of carbonyl (C=O) groups is 3. The number of piperidine rings is 1. The van der Waals surface area contributed by atoms with Crippen LogP contribution in [0.2, 0.25) is 0 Å². The maximum atomic E-state index is 12.5. The van der Waals surface area contributed by atoms with Crippen LogP contribution in [0.1, 0.15) is 32.3 Å². The van der Waals surface area contributed by atoms with Crippen molar-refractivity contribution >= 4 is 17.8 Å². The van der Waals surface area contributed by atoms with Gasteiger partial charge in [-0.15, -0.1) is 0 Å². The van der Waals surface area contributed by atoms with Crippen LogP contribution < -0.4 is 10.1 Å². The monoisotopic (exact) mass is 390 g/mol. The Labute approximate surface area is 166 Å². The highest BCUT2D eigenvalue weighted by Crippen LogP contribution is 2.22. The lowest BCUT2D eigenvalue weighted by atomic mass is 9.94. The van der Waals surface area contributed by atoms with Crippen molar-refractivity contribution in [2.75, 3.05) is 26.7 Å². The summed E-state index contributed by atoms with van der Waals surface area (Å²) >= 11 is 0. The molecule has 1 aliphatic heterocycles. The molecule has 0 spiro atoms. The molecule has 0 aromatic heterocycles. The van der Waals surface area contributed by atoms with Crippen LogP contribution >= 0.6 is 0 Å². The molecule has 7 nitrogen and oxygen atoms in total. The number of carboxylic acid groups (broad SMARTS) is 1. The van der Waals surface area contributed by atoms with Gasteiger partial charge in [0.2, 0.25) is 11.8 Å². The van der Waals surface area contributed by atoms with Gasteiger partial charge in [0.15, 0.2) is 0 Å². The molecule has 1 atom stereocenters. The van der Waals surface area contributed by atoms with E-state index < -0.39 is 11.9 Å². The summed E-state index contributed by atoms with van der Waals surface area (Å²) in [4.78, 5) is 38.0. The van der Waals surface area contributed by atoms with Crippen LogP contribution in [-0.2, 0) is 20.8 Å². The zero-order valence-electron chi connectivity index (χ0n) is 16.8. The fraction of sp³-hybridized carbons (Fsp3) is 0.571. The van der Waals surface area contributed by atoms with Gasteiger partial charge in [0, 0.05) is 31.5 Å². The first-order valence-corrected chi connectivity index (χ1v) is 9.74. The second-order valence-electron chi connectivity index (χ2n) is 7.55. The van der Waals surface area contributed by atoms with E-state index in [2.05, 4.69) is 5.32 Å². The first-order valence-electron chi connectivity index (χ1n) is 9.74. The van der Waals surface area contributed by atoms with Gasteiger partial charge in [0.1, 0.15) is 5.75 Å². The van der Waals surface area contributed by atoms with Gasteiger partial charge in [-0.05, 0) is 30.9 Å². The molecule has 2 amide bonds. The van der Waals surface area contributed by atoms with E-state index in [1.54, 1.807) is 18.1 Å². The quantitative estimate of drug-likeness (QED) is 0.707. The smallest absolute Gasteiger partial charge is 0.308 e. The minimum atomic E-state index is -0.955. The summed E-state index contributed by atoms with van der Waals surface area (Å²) < 4.78 is 5.28. The summed E-state index contributed by atoms with van der Waals surface area (Å²) in [5, 5.41) is 12.3. The number of para-hydroxylation sites is 1. The molecule has 1 aromatic carbocycles. The van der Waals surface area contributed by atoms with Gasteiger partial charge in [-0.25, -0.2) is 0 Å². The van der Waals surface area contributed by atoms with E-state index in [0.29, 0.717) is 31.7 Å². The number of nitrogens with one attached hydrogen (secondary N) is 1. The second kappa shape index (κ2) is 10.1. The normalized spacial score (nSPS) is 15.9. The lowest BCUT2D eigenvalue weighted by Gasteiger charge is -2.32. The highest BCUT2D eigenvalue weighted by molar-refractivity contribution is 5.81. The number of ether oxygens (including phenoxy) is 1. The third-order valence-electron chi connectivity index (χ3n) is 5.20. The van der Waals surface area contributed by atoms with Crippen molar-refractivity contribution < 1.29 is 24.2 Å². The minimum Gasteiger partial charge on any atom is -0.496 e. The molecule has 0 bridgehead atoms. The highest BCUT2D eigenvalue weighted by atomic mass is 16.5. The summed E-state index contributed by atoms with van der Waals surface area (Å²) in [6.45, 7) is 4.94. The molecule has 1 heterocycles. The molecular formula is C21H30N2O5. The van der Waals surface area contributed by atoms with Gasteiger partial charge in [-0.2, -0.15) is 0 Å². The number of carbonyl (C=O) groups excluding carboxylic acids is 2. The third kappa shape index (κ3) is 5.71. The lowest BCUT2D eigenvalue weighted by molar-refractivity contribution is -0.142. The van der Waals surface area contributed by atoms with Crippen molar-refractivity contribution in [2.45, 2.75) is 33.1 Å². The van der Waals surface area contributed by atoms with Crippen molar-refractivity contribution in [1.29, 1.82) is 0 Å². The predicted octanol–water partition coefficient (Wildman–Crippen LogP) is 1.95. The average molecular weight is 390 g/mol. The van der Waals surface area contributed by atoms with Crippen LogP contribution in [0.3, 0.4) is 0 Å². The van der Waals surface area contributed by atoms with Crippen molar-refractivity contribution in [2.24, 2.45) is 17.8 Å². The molecule has 2 N–H and O–H groups in total. The van der Waals surface area contributed by atoms with E-state index in [4.69, 9.17) is 4.74 Å². The van der Waals surface area contributed by atoms with Crippen LogP contribution in [0, 0.1) is 17.8 Å². The number of benzene rings is 1. The van der Waals surface area contributed by atoms with E-state index in [-0.39, 0.29) is 36.6 Å². The average Bonchev–Trinajstić information content (AvgIpc) is 2.70. The Bertz CT molecular complexity index is 696. The lowest BCUT2D eigenvalue weighted by Crippen LogP contribution is -2.45. The topological polar surface area (TPSA) is 95.9 Å². The number of hydrogen-bond donors (Lipinski definition) is 2. The van der Waals surface area contributed by atoms with Crippen molar-refractivity contribution in [3.8, 4) is 5.75 Å². The van der Waals surface area contributed by atoms with E-state index in [1.807, 2.05) is 32.0 Å². The minimum absolute atomic E-state index is 0.0447. The van der Waals surface area contributed by atoms with E-state index >= 15 is 0 Å². The molecule has 1 aliphatic rings. The molecule has 0 saturated carbocycles. The van der Waals surface area contributed by atoms with E-state index in [0.717, 1.165) is 5.56 Å². The van der Waals surface area contributed by atoms with Gasteiger partial charge in [-0.1, -0.05) is 32.0 Å². The number of methoxy groups -OCH3 is 1. The third-order valence-corrected chi connectivity index (χ3v) is 5.20. The summed E-state index contributed by atoms with van der Waals surface area (Å²) in [7, 11) is 1.55. The van der Waals surface area contributed by atoms with Crippen LogP contribution in [0.15, 0.2) is 24.3 Å². The zero-order valence-corrected chi connectivity index (χ0v) is 16.8. The number of amides is 2. The summed E-state index contributed by atoms with van der Waals surface area (Å²) in [6, 6.07) is 7.29. The first-order chi connectivity index (χ1) is 13.3. The molecule has 7 heteroatoms. The molecule has 1 saturated heterocycles. The number of aliphatic carboxylic acids is 1. The Kier molecular flexibility index (Phi) is 7.84. The van der Waals surface area contributed by atoms with Crippen molar-refractivity contribution in [1.82, 2.24) is 10.2 Å².